The minimum atomic E-state index is -0.926. The number of likely N-dealkylation sites (tertiary alicyclic amines) is 1. The number of hydrogen-bond donors (Lipinski definition) is 1. The van der Waals surface area contributed by atoms with Gasteiger partial charge in [0.25, 0.3) is 0 Å². The second-order valence-corrected chi connectivity index (χ2v) is 4.57. The van der Waals surface area contributed by atoms with Gasteiger partial charge < -0.3 is 14.9 Å². The van der Waals surface area contributed by atoms with E-state index in [1.165, 1.54) is 17.7 Å². The Kier molecular flexibility index (Phi) is 5.41. The van der Waals surface area contributed by atoms with Gasteiger partial charge in [-0.15, -0.1) is 0 Å². The molecule has 98 valence electrons. The number of carbonyl (C=O) groups excluding carboxylic acids is 1. The molecule has 0 aromatic heterocycles. The first kappa shape index (κ1) is 14.0. The molecule has 1 amide bonds. The van der Waals surface area contributed by atoms with Gasteiger partial charge >= 0.3 is 5.97 Å². The Morgan fingerprint density at radius 1 is 1.35 bits per heavy atom. The maximum atomic E-state index is 11.8. The molecule has 1 unspecified atom stereocenters. The third-order valence-corrected chi connectivity index (χ3v) is 3.37. The lowest BCUT2D eigenvalue weighted by Gasteiger charge is -2.24. The highest BCUT2D eigenvalue weighted by atomic mass is 16.4. The first-order valence-corrected chi connectivity index (χ1v) is 6.27. The van der Waals surface area contributed by atoms with Crippen molar-refractivity contribution in [3.8, 4) is 0 Å². The summed E-state index contributed by atoms with van der Waals surface area (Å²) in [7, 11) is 1.58. The van der Waals surface area contributed by atoms with Crippen LogP contribution in [-0.4, -0.2) is 59.5 Å². The molecule has 0 aliphatic carbocycles. The second-order valence-electron chi connectivity index (χ2n) is 4.57. The van der Waals surface area contributed by atoms with Gasteiger partial charge in [0.05, 0.1) is 0 Å². The Hall–Kier alpha value is -1.10. The Bertz CT molecular complexity index is 275. The third kappa shape index (κ3) is 4.00. The predicted molar refractivity (Wildman–Crippen MR) is 64.8 cm³/mol. The molecule has 1 fully saturated rings. The number of hydrogen-bond acceptors (Lipinski definition) is 3. The third-order valence-electron chi connectivity index (χ3n) is 3.37. The summed E-state index contributed by atoms with van der Waals surface area (Å²) in [4.78, 5) is 26.4. The van der Waals surface area contributed by atoms with Crippen molar-refractivity contribution in [3.63, 3.8) is 0 Å². The zero-order chi connectivity index (χ0) is 12.8. The largest absolute Gasteiger partial charge is 0.480 e. The standard InChI is InChI=1S/C12H22N2O3/c1-3-10(12(16)17)13(2)11(15)6-9-14-7-4-5-8-14/h10H,3-9H2,1-2H3,(H,16,17). The van der Waals surface area contributed by atoms with E-state index in [9.17, 15) is 9.59 Å². The van der Waals surface area contributed by atoms with Crippen LogP contribution in [0.4, 0.5) is 0 Å². The van der Waals surface area contributed by atoms with E-state index >= 15 is 0 Å². The summed E-state index contributed by atoms with van der Waals surface area (Å²) < 4.78 is 0. The molecule has 0 saturated carbocycles. The van der Waals surface area contributed by atoms with Crippen LogP contribution in [-0.2, 0) is 9.59 Å². The average Bonchev–Trinajstić information content (AvgIpc) is 2.78. The lowest BCUT2D eigenvalue weighted by molar-refractivity contribution is -0.149. The second kappa shape index (κ2) is 6.59. The minimum absolute atomic E-state index is 0.0776. The first-order valence-electron chi connectivity index (χ1n) is 6.27. The molecule has 1 aliphatic rings. The molecule has 1 rings (SSSR count). The zero-order valence-corrected chi connectivity index (χ0v) is 10.7. The van der Waals surface area contributed by atoms with Gasteiger partial charge in [0.2, 0.25) is 5.91 Å². The highest BCUT2D eigenvalue weighted by Crippen LogP contribution is 2.09. The molecule has 0 radical (unpaired) electrons. The van der Waals surface area contributed by atoms with Gasteiger partial charge in [-0.3, -0.25) is 4.79 Å². The van der Waals surface area contributed by atoms with Crippen LogP contribution >= 0.6 is 0 Å². The summed E-state index contributed by atoms with van der Waals surface area (Å²) in [5.41, 5.74) is 0. The van der Waals surface area contributed by atoms with Crippen LogP contribution in [0, 0.1) is 0 Å². The maximum Gasteiger partial charge on any atom is 0.326 e. The van der Waals surface area contributed by atoms with Crippen LogP contribution in [0.3, 0.4) is 0 Å². The number of nitrogens with zero attached hydrogens (tertiary/aromatic N) is 2. The Labute approximate surface area is 102 Å². The quantitative estimate of drug-likeness (QED) is 0.748. The molecule has 1 N–H and O–H groups in total. The molecule has 17 heavy (non-hydrogen) atoms. The van der Waals surface area contributed by atoms with E-state index in [0.717, 1.165) is 19.6 Å². The van der Waals surface area contributed by atoms with Crippen molar-refractivity contribution in [2.45, 2.75) is 38.6 Å². The zero-order valence-electron chi connectivity index (χ0n) is 10.7. The van der Waals surface area contributed by atoms with Crippen molar-refractivity contribution in [1.29, 1.82) is 0 Å². The van der Waals surface area contributed by atoms with E-state index in [2.05, 4.69) is 4.90 Å². The normalized spacial score (nSPS) is 18.0. The SMILES string of the molecule is CCC(C(=O)O)N(C)C(=O)CCN1CCCC1. The van der Waals surface area contributed by atoms with Gasteiger partial charge in [-0.2, -0.15) is 0 Å². The molecule has 0 aromatic carbocycles. The lowest BCUT2D eigenvalue weighted by Crippen LogP contribution is -2.42. The van der Waals surface area contributed by atoms with Crippen LogP contribution in [0.5, 0.6) is 0 Å². The molecular weight excluding hydrogens is 220 g/mol. The van der Waals surface area contributed by atoms with Crippen molar-refractivity contribution in [1.82, 2.24) is 9.80 Å². The fourth-order valence-corrected chi connectivity index (χ4v) is 2.22. The van der Waals surface area contributed by atoms with E-state index in [1.807, 2.05) is 0 Å². The van der Waals surface area contributed by atoms with Gasteiger partial charge in [0.1, 0.15) is 6.04 Å². The molecule has 5 heteroatoms. The monoisotopic (exact) mass is 242 g/mol. The average molecular weight is 242 g/mol. The first-order chi connectivity index (χ1) is 8.06. The summed E-state index contributed by atoms with van der Waals surface area (Å²) in [5, 5.41) is 8.97. The summed E-state index contributed by atoms with van der Waals surface area (Å²) >= 11 is 0. The van der Waals surface area contributed by atoms with E-state index in [4.69, 9.17) is 5.11 Å². The molecule has 5 nitrogen and oxygen atoms in total. The smallest absolute Gasteiger partial charge is 0.326 e. The van der Waals surface area contributed by atoms with Crippen LogP contribution in [0.25, 0.3) is 0 Å². The topological polar surface area (TPSA) is 60.9 Å². The number of amides is 1. The highest BCUT2D eigenvalue weighted by Gasteiger charge is 2.24. The van der Waals surface area contributed by atoms with Crippen LogP contribution in [0.2, 0.25) is 0 Å². The van der Waals surface area contributed by atoms with Crippen molar-refractivity contribution >= 4 is 11.9 Å². The lowest BCUT2D eigenvalue weighted by atomic mass is 10.2. The molecule has 1 heterocycles. The number of rotatable bonds is 6. The van der Waals surface area contributed by atoms with E-state index in [-0.39, 0.29) is 5.91 Å². The number of carbonyl (C=O) groups is 2. The summed E-state index contributed by atoms with van der Waals surface area (Å²) in [6.45, 7) is 4.66. The molecule has 0 spiro atoms. The van der Waals surface area contributed by atoms with E-state index in [1.54, 1.807) is 14.0 Å². The number of aliphatic carboxylic acids is 1. The molecule has 0 aromatic rings. The van der Waals surface area contributed by atoms with Crippen molar-refractivity contribution < 1.29 is 14.7 Å². The van der Waals surface area contributed by atoms with Crippen molar-refractivity contribution in [2.24, 2.45) is 0 Å². The fraction of sp³-hybridized carbons (Fsp3) is 0.833. The van der Waals surface area contributed by atoms with Gasteiger partial charge in [-0.05, 0) is 32.4 Å². The van der Waals surface area contributed by atoms with Crippen LogP contribution in [0.1, 0.15) is 32.6 Å². The van der Waals surface area contributed by atoms with Crippen LogP contribution in [0.15, 0.2) is 0 Å². The summed E-state index contributed by atoms with van der Waals surface area (Å²) in [6, 6.07) is -0.693. The van der Waals surface area contributed by atoms with Gasteiger partial charge in [0.15, 0.2) is 0 Å². The van der Waals surface area contributed by atoms with Gasteiger partial charge in [-0.25, -0.2) is 4.79 Å². The number of carboxylic acids is 1. The molecule has 0 bridgehead atoms. The fourth-order valence-electron chi connectivity index (χ4n) is 2.22. The Balaban J connectivity index is 2.37. The van der Waals surface area contributed by atoms with Crippen molar-refractivity contribution in [2.75, 3.05) is 26.7 Å². The Morgan fingerprint density at radius 2 is 1.94 bits per heavy atom. The predicted octanol–water partition coefficient (Wildman–Crippen LogP) is 0.794. The highest BCUT2D eigenvalue weighted by molar-refractivity contribution is 5.83. The molecule has 1 aliphatic heterocycles. The van der Waals surface area contributed by atoms with E-state index in [0.29, 0.717) is 12.8 Å². The van der Waals surface area contributed by atoms with Gasteiger partial charge in [0, 0.05) is 20.0 Å². The summed E-state index contributed by atoms with van der Waals surface area (Å²) in [5.74, 6) is -1.00. The summed E-state index contributed by atoms with van der Waals surface area (Å²) in [6.07, 6.45) is 3.27. The van der Waals surface area contributed by atoms with Crippen LogP contribution < -0.4 is 0 Å². The minimum Gasteiger partial charge on any atom is -0.480 e. The molecular formula is C12H22N2O3. The molecule has 1 atom stereocenters. The van der Waals surface area contributed by atoms with Gasteiger partial charge in [-0.1, -0.05) is 6.92 Å². The molecule has 1 saturated heterocycles. The number of carboxylic acid groups (broad SMARTS) is 1. The van der Waals surface area contributed by atoms with Crippen molar-refractivity contribution in [3.05, 3.63) is 0 Å². The van der Waals surface area contributed by atoms with E-state index < -0.39 is 12.0 Å². The number of likely N-dealkylation sites (N-methyl/N-ethyl adjacent to an activating group) is 1. The Morgan fingerprint density at radius 3 is 2.41 bits per heavy atom. The maximum absolute atomic E-state index is 11.8.